The molecule has 2 aromatic rings. The van der Waals surface area contributed by atoms with Crippen molar-refractivity contribution in [1.29, 1.82) is 0 Å². The van der Waals surface area contributed by atoms with Crippen LogP contribution in [0.25, 0.3) is 0 Å². The third-order valence-corrected chi connectivity index (χ3v) is 5.55. The van der Waals surface area contributed by atoms with Crippen LogP contribution in [-0.4, -0.2) is 24.5 Å². The zero-order valence-electron chi connectivity index (χ0n) is 9.81. The number of carbonyl (C=O) groups excluding carboxylic acids is 1. The molecule has 0 bridgehead atoms. The van der Waals surface area contributed by atoms with E-state index in [1.165, 1.54) is 12.3 Å². The Morgan fingerprint density at radius 2 is 2.26 bits per heavy atom. The Hall–Kier alpha value is -1.38. The largest absolute Gasteiger partial charge is 0.347 e. The van der Waals surface area contributed by atoms with Crippen LogP contribution in [0.4, 0.5) is 0 Å². The minimum atomic E-state index is -3.71. The molecule has 0 fully saturated rings. The summed E-state index contributed by atoms with van der Waals surface area (Å²) in [6.07, 6.45) is 1.44. The summed E-state index contributed by atoms with van der Waals surface area (Å²) in [5, 5.41) is 9.10. The van der Waals surface area contributed by atoms with Gasteiger partial charge in [0.05, 0.1) is 18.3 Å². The van der Waals surface area contributed by atoms with Crippen LogP contribution in [0.3, 0.4) is 0 Å². The Kier molecular flexibility index (Phi) is 3.93. The van der Waals surface area contributed by atoms with Gasteiger partial charge in [-0.2, -0.15) is 5.10 Å². The fraction of sp³-hybridized carbons (Fsp3) is 0.200. The molecule has 0 saturated carbocycles. The van der Waals surface area contributed by atoms with Crippen molar-refractivity contribution in [2.45, 2.75) is 17.7 Å². The first kappa shape index (κ1) is 14.0. The van der Waals surface area contributed by atoms with Gasteiger partial charge < -0.3 is 5.32 Å². The van der Waals surface area contributed by atoms with Gasteiger partial charge in [-0.3, -0.25) is 9.89 Å². The number of aromatic nitrogens is 2. The van der Waals surface area contributed by atoms with Gasteiger partial charge in [-0.1, -0.05) is 0 Å². The molecule has 0 atom stereocenters. The maximum absolute atomic E-state index is 11.8. The quantitative estimate of drug-likeness (QED) is 0.838. The molecular weight excluding hydrogens is 310 g/mol. The van der Waals surface area contributed by atoms with Gasteiger partial charge in [0.1, 0.15) is 4.21 Å². The van der Waals surface area contributed by atoms with E-state index in [9.17, 15) is 13.2 Å². The average Bonchev–Trinajstić information content (AvgIpc) is 2.93. The van der Waals surface area contributed by atoms with E-state index in [1.54, 1.807) is 13.0 Å². The molecule has 0 unspecified atom stereocenters. The van der Waals surface area contributed by atoms with Crippen LogP contribution in [0.5, 0.6) is 0 Å². The number of nitrogens with one attached hydrogen (secondary N) is 2. The van der Waals surface area contributed by atoms with Crippen LogP contribution in [0.1, 0.15) is 20.9 Å². The van der Waals surface area contributed by atoms with Crippen LogP contribution >= 0.6 is 22.0 Å². The molecule has 0 spiro atoms. The number of rotatable bonds is 4. The lowest BCUT2D eigenvalue weighted by Gasteiger charge is -2.01. The van der Waals surface area contributed by atoms with Gasteiger partial charge in [0.25, 0.3) is 15.0 Å². The number of thiophene rings is 1. The summed E-state index contributed by atoms with van der Waals surface area (Å²) >= 11 is 1.03. The summed E-state index contributed by atoms with van der Waals surface area (Å²) in [6.45, 7) is 1.98. The molecule has 0 aliphatic heterocycles. The number of hydrogen-bond donors (Lipinski definition) is 2. The number of carbonyl (C=O) groups is 1. The fourth-order valence-corrected chi connectivity index (χ4v) is 3.49. The van der Waals surface area contributed by atoms with E-state index in [4.69, 9.17) is 10.7 Å². The third kappa shape index (κ3) is 3.34. The van der Waals surface area contributed by atoms with Gasteiger partial charge >= 0.3 is 0 Å². The average molecular weight is 320 g/mol. The van der Waals surface area contributed by atoms with E-state index in [2.05, 4.69) is 15.5 Å². The molecule has 0 saturated heterocycles. The summed E-state index contributed by atoms with van der Waals surface area (Å²) in [6, 6.07) is 3.03. The number of aromatic amines is 1. The van der Waals surface area contributed by atoms with E-state index in [1.807, 2.05) is 0 Å². The smallest absolute Gasteiger partial charge is 0.270 e. The van der Waals surface area contributed by atoms with Crippen molar-refractivity contribution >= 4 is 37.0 Å². The molecule has 6 nitrogen and oxygen atoms in total. The van der Waals surface area contributed by atoms with E-state index >= 15 is 0 Å². The number of H-pyrrole nitrogens is 1. The van der Waals surface area contributed by atoms with Gasteiger partial charge in [-0.15, -0.1) is 11.3 Å². The lowest BCUT2D eigenvalue weighted by molar-refractivity contribution is 0.0951. The van der Waals surface area contributed by atoms with Crippen LogP contribution in [0.2, 0.25) is 0 Å². The Labute approximate surface area is 118 Å². The summed E-state index contributed by atoms with van der Waals surface area (Å²) in [7, 11) is 1.51. The molecule has 2 heterocycles. The molecule has 9 heteroatoms. The molecule has 2 rings (SSSR count). The minimum Gasteiger partial charge on any atom is -0.347 e. The second kappa shape index (κ2) is 5.32. The number of hydrogen-bond acceptors (Lipinski definition) is 5. The van der Waals surface area contributed by atoms with Crippen LogP contribution in [0.15, 0.2) is 22.5 Å². The normalized spacial score (nSPS) is 11.5. The van der Waals surface area contributed by atoms with Crippen molar-refractivity contribution in [3.63, 3.8) is 0 Å². The predicted molar refractivity (Wildman–Crippen MR) is 71.9 cm³/mol. The zero-order chi connectivity index (χ0) is 14.0. The van der Waals surface area contributed by atoms with Crippen molar-refractivity contribution in [1.82, 2.24) is 15.5 Å². The summed E-state index contributed by atoms with van der Waals surface area (Å²) in [5.74, 6) is -0.269. The van der Waals surface area contributed by atoms with E-state index in [-0.39, 0.29) is 16.7 Å². The number of nitrogens with zero attached hydrogens (tertiary/aromatic N) is 1. The standard InChI is InChI=1S/C10H10ClN3O3S2/c1-6-8(5-13-14-6)10(15)12-4-7-2-3-9(18-7)19(11,16)17/h2-3,5H,4H2,1H3,(H,12,15)(H,13,14). The van der Waals surface area contributed by atoms with Crippen molar-refractivity contribution in [3.8, 4) is 0 Å². The van der Waals surface area contributed by atoms with Crippen LogP contribution in [0, 0.1) is 6.92 Å². The highest BCUT2D eigenvalue weighted by Gasteiger charge is 2.14. The number of aryl methyl sites for hydroxylation is 1. The molecule has 2 N–H and O–H groups in total. The molecule has 0 radical (unpaired) electrons. The third-order valence-electron chi connectivity index (χ3n) is 2.38. The summed E-state index contributed by atoms with van der Waals surface area (Å²) in [4.78, 5) is 12.5. The molecule has 0 aliphatic carbocycles. The second-order valence-corrected chi connectivity index (χ2v) is 7.71. The highest BCUT2D eigenvalue weighted by Crippen LogP contribution is 2.24. The highest BCUT2D eigenvalue weighted by molar-refractivity contribution is 8.15. The predicted octanol–water partition coefficient (Wildman–Crippen LogP) is 1.64. The van der Waals surface area contributed by atoms with Gasteiger partial charge in [0.15, 0.2) is 0 Å². The topological polar surface area (TPSA) is 91.9 Å². The lowest BCUT2D eigenvalue weighted by Crippen LogP contribution is -2.22. The molecular formula is C10H10ClN3O3S2. The summed E-state index contributed by atoms with van der Waals surface area (Å²) in [5.41, 5.74) is 1.13. The number of halogens is 1. The second-order valence-electron chi connectivity index (χ2n) is 3.75. The van der Waals surface area contributed by atoms with Gasteiger partial charge in [-0.25, -0.2) is 8.42 Å². The van der Waals surface area contributed by atoms with Gasteiger partial charge in [0.2, 0.25) is 0 Å². The fourth-order valence-electron chi connectivity index (χ4n) is 1.43. The first-order valence-electron chi connectivity index (χ1n) is 5.19. The SMILES string of the molecule is Cc1[nH]ncc1C(=O)NCc1ccc(S(=O)(=O)Cl)s1. The molecule has 19 heavy (non-hydrogen) atoms. The Morgan fingerprint density at radius 1 is 1.53 bits per heavy atom. The van der Waals surface area contributed by atoms with E-state index < -0.39 is 9.05 Å². The maximum Gasteiger partial charge on any atom is 0.270 e. The van der Waals surface area contributed by atoms with E-state index in [0.29, 0.717) is 16.1 Å². The highest BCUT2D eigenvalue weighted by atomic mass is 35.7. The van der Waals surface area contributed by atoms with Crippen LogP contribution < -0.4 is 5.32 Å². The lowest BCUT2D eigenvalue weighted by atomic mass is 10.2. The number of amides is 1. The first-order chi connectivity index (χ1) is 8.88. The van der Waals surface area contributed by atoms with Crippen molar-refractivity contribution < 1.29 is 13.2 Å². The van der Waals surface area contributed by atoms with Crippen molar-refractivity contribution in [2.24, 2.45) is 0 Å². The minimum absolute atomic E-state index is 0.0675. The molecule has 102 valence electrons. The van der Waals surface area contributed by atoms with Crippen LogP contribution in [-0.2, 0) is 15.6 Å². The summed E-state index contributed by atoms with van der Waals surface area (Å²) < 4.78 is 22.3. The Balaban J connectivity index is 2.02. The maximum atomic E-state index is 11.8. The van der Waals surface area contributed by atoms with Gasteiger partial charge in [0, 0.05) is 21.3 Å². The van der Waals surface area contributed by atoms with Gasteiger partial charge in [-0.05, 0) is 19.1 Å². The van der Waals surface area contributed by atoms with Crippen molar-refractivity contribution in [3.05, 3.63) is 34.5 Å². The molecule has 0 aliphatic rings. The Bertz CT molecular complexity index is 705. The molecule has 0 aromatic carbocycles. The molecule has 1 amide bonds. The Morgan fingerprint density at radius 3 is 2.79 bits per heavy atom. The van der Waals surface area contributed by atoms with E-state index in [0.717, 1.165) is 11.3 Å². The monoisotopic (exact) mass is 319 g/mol. The zero-order valence-corrected chi connectivity index (χ0v) is 12.2. The first-order valence-corrected chi connectivity index (χ1v) is 8.32. The van der Waals surface area contributed by atoms with Crippen molar-refractivity contribution in [2.75, 3.05) is 0 Å². The molecule has 2 aromatic heterocycles.